The molecule has 0 aliphatic carbocycles. The van der Waals surface area contributed by atoms with Gasteiger partial charge in [-0.15, -0.1) is 0 Å². The van der Waals surface area contributed by atoms with Gasteiger partial charge in [0.2, 0.25) is 0 Å². The van der Waals surface area contributed by atoms with Crippen molar-refractivity contribution >= 4 is 0 Å². The van der Waals surface area contributed by atoms with E-state index in [-0.39, 0.29) is 5.54 Å². The van der Waals surface area contributed by atoms with Crippen LogP contribution in [0.5, 0.6) is 0 Å². The molecule has 0 aromatic carbocycles. The Balaban J connectivity index is 2.36. The van der Waals surface area contributed by atoms with Gasteiger partial charge in [0.1, 0.15) is 0 Å². The summed E-state index contributed by atoms with van der Waals surface area (Å²) >= 11 is 0. The molecule has 1 aromatic rings. The number of aryl methyl sites for hydroxylation is 2. The van der Waals surface area contributed by atoms with Gasteiger partial charge in [-0.1, -0.05) is 0 Å². The molecule has 0 spiro atoms. The molecule has 0 saturated carbocycles. The highest BCUT2D eigenvalue weighted by Gasteiger charge is 2.11. The molecule has 1 aromatic heterocycles. The average Bonchev–Trinajstić information content (AvgIpc) is 2.49. The number of nitrogens with zero attached hydrogens (tertiary/aromatic N) is 3. The minimum absolute atomic E-state index is 0.206. The van der Waals surface area contributed by atoms with E-state index in [1.165, 1.54) is 17.0 Å². The summed E-state index contributed by atoms with van der Waals surface area (Å²) in [7, 11) is 4.20. The molecule has 4 heteroatoms. The van der Waals surface area contributed by atoms with E-state index in [9.17, 15) is 0 Å². The van der Waals surface area contributed by atoms with Crippen molar-refractivity contribution in [1.82, 2.24) is 20.0 Å². The molecule has 110 valence electrons. The summed E-state index contributed by atoms with van der Waals surface area (Å²) in [6.07, 6.45) is 1.08. The van der Waals surface area contributed by atoms with Gasteiger partial charge in [0.15, 0.2) is 0 Å². The maximum Gasteiger partial charge on any atom is 0.0628 e. The maximum atomic E-state index is 4.47. The molecule has 0 aliphatic heterocycles. The highest BCUT2D eigenvalue weighted by molar-refractivity contribution is 5.24. The zero-order chi connectivity index (χ0) is 14.6. The van der Waals surface area contributed by atoms with E-state index in [0.717, 1.165) is 26.1 Å². The molecule has 1 heterocycles. The van der Waals surface area contributed by atoms with Crippen LogP contribution in [0.2, 0.25) is 0 Å². The molecule has 0 unspecified atom stereocenters. The molecule has 0 saturated heterocycles. The fourth-order valence-electron chi connectivity index (χ4n) is 2.22. The molecule has 4 nitrogen and oxygen atoms in total. The van der Waals surface area contributed by atoms with Crippen molar-refractivity contribution in [2.75, 3.05) is 26.7 Å². The zero-order valence-corrected chi connectivity index (χ0v) is 13.7. The molecule has 1 N–H and O–H groups in total. The fraction of sp³-hybridized carbons (Fsp3) is 0.800. The standard InChI is InChI=1S/C15H30N4/c1-12-14(13(2)19(7)17-12)8-10-18(6)11-9-16-15(3,4)5/h16H,8-11H2,1-7H3. The maximum absolute atomic E-state index is 4.47. The van der Waals surface area contributed by atoms with Crippen molar-refractivity contribution in [3.63, 3.8) is 0 Å². The summed E-state index contributed by atoms with van der Waals surface area (Å²) in [5, 5.41) is 7.99. The molecule has 0 amide bonds. The van der Waals surface area contributed by atoms with Crippen molar-refractivity contribution in [2.24, 2.45) is 7.05 Å². The number of hydrogen-bond acceptors (Lipinski definition) is 3. The van der Waals surface area contributed by atoms with Crippen LogP contribution in [0.4, 0.5) is 0 Å². The number of rotatable bonds is 6. The molecule has 0 atom stereocenters. The first-order chi connectivity index (χ1) is 8.70. The summed E-state index contributed by atoms with van der Waals surface area (Å²) in [4.78, 5) is 2.38. The van der Waals surface area contributed by atoms with Crippen LogP contribution in [0.1, 0.15) is 37.7 Å². The Morgan fingerprint density at radius 2 is 1.84 bits per heavy atom. The van der Waals surface area contributed by atoms with Gasteiger partial charge >= 0.3 is 0 Å². The smallest absolute Gasteiger partial charge is 0.0628 e. The van der Waals surface area contributed by atoms with Gasteiger partial charge in [-0.3, -0.25) is 4.68 Å². The van der Waals surface area contributed by atoms with Gasteiger partial charge in [-0.2, -0.15) is 5.10 Å². The Bertz CT molecular complexity index is 401. The van der Waals surface area contributed by atoms with E-state index >= 15 is 0 Å². The van der Waals surface area contributed by atoms with Crippen molar-refractivity contribution in [1.29, 1.82) is 0 Å². The predicted octanol–water partition coefficient (Wildman–Crippen LogP) is 1.90. The number of aromatic nitrogens is 2. The summed E-state index contributed by atoms with van der Waals surface area (Å²) in [6.45, 7) is 14.1. The summed E-state index contributed by atoms with van der Waals surface area (Å²) in [5.41, 5.74) is 4.07. The van der Waals surface area contributed by atoms with E-state index in [0.29, 0.717) is 0 Å². The molecular formula is C15H30N4. The van der Waals surface area contributed by atoms with Crippen LogP contribution in [0, 0.1) is 13.8 Å². The lowest BCUT2D eigenvalue weighted by atomic mass is 10.1. The topological polar surface area (TPSA) is 33.1 Å². The predicted molar refractivity (Wildman–Crippen MR) is 81.6 cm³/mol. The lowest BCUT2D eigenvalue weighted by molar-refractivity contribution is 0.312. The quantitative estimate of drug-likeness (QED) is 0.854. The second-order valence-electron chi connectivity index (χ2n) is 6.50. The highest BCUT2D eigenvalue weighted by Crippen LogP contribution is 2.12. The van der Waals surface area contributed by atoms with Crippen molar-refractivity contribution in [3.8, 4) is 0 Å². The Kier molecular flexibility index (Phi) is 5.56. The summed E-state index contributed by atoms with van der Waals surface area (Å²) in [5.74, 6) is 0. The molecule has 1 rings (SSSR count). The van der Waals surface area contributed by atoms with Crippen LogP contribution >= 0.6 is 0 Å². The van der Waals surface area contributed by atoms with E-state index in [4.69, 9.17) is 0 Å². The normalized spacial score (nSPS) is 12.4. The van der Waals surface area contributed by atoms with Gasteiger partial charge in [-0.25, -0.2) is 0 Å². The third-order valence-corrected chi connectivity index (χ3v) is 3.55. The Labute approximate surface area is 118 Å². The summed E-state index contributed by atoms with van der Waals surface area (Å²) < 4.78 is 1.98. The monoisotopic (exact) mass is 266 g/mol. The van der Waals surface area contributed by atoms with Crippen LogP contribution < -0.4 is 5.32 Å². The molecule has 0 fully saturated rings. The minimum Gasteiger partial charge on any atom is -0.311 e. The van der Waals surface area contributed by atoms with Crippen molar-refractivity contribution in [2.45, 2.75) is 46.6 Å². The first-order valence-electron chi connectivity index (χ1n) is 7.13. The number of likely N-dealkylation sites (N-methyl/N-ethyl adjacent to an activating group) is 1. The highest BCUT2D eigenvalue weighted by atomic mass is 15.3. The first-order valence-corrected chi connectivity index (χ1v) is 7.13. The van der Waals surface area contributed by atoms with Crippen molar-refractivity contribution < 1.29 is 0 Å². The fourth-order valence-corrected chi connectivity index (χ4v) is 2.22. The van der Waals surface area contributed by atoms with Gasteiger partial charge in [0.05, 0.1) is 5.69 Å². The van der Waals surface area contributed by atoms with E-state index < -0.39 is 0 Å². The first kappa shape index (κ1) is 16.2. The third-order valence-electron chi connectivity index (χ3n) is 3.55. The van der Waals surface area contributed by atoms with Crippen LogP contribution in [0.15, 0.2) is 0 Å². The third kappa shape index (κ3) is 5.33. The second kappa shape index (κ2) is 6.53. The van der Waals surface area contributed by atoms with Gasteiger partial charge < -0.3 is 10.2 Å². The molecule has 0 radical (unpaired) electrons. The van der Waals surface area contributed by atoms with Gasteiger partial charge in [0.25, 0.3) is 0 Å². The van der Waals surface area contributed by atoms with Crippen LogP contribution in [-0.2, 0) is 13.5 Å². The van der Waals surface area contributed by atoms with Crippen LogP contribution in [0.3, 0.4) is 0 Å². The molecule has 19 heavy (non-hydrogen) atoms. The lowest BCUT2D eigenvalue weighted by Gasteiger charge is -2.23. The largest absolute Gasteiger partial charge is 0.311 e. The minimum atomic E-state index is 0.206. The average molecular weight is 266 g/mol. The van der Waals surface area contributed by atoms with E-state index in [1.54, 1.807) is 0 Å². The van der Waals surface area contributed by atoms with Crippen molar-refractivity contribution in [3.05, 3.63) is 17.0 Å². The van der Waals surface area contributed by atoms with E-state index in [1.807, 2.05) is 11.7 Å². The Hall–Kier alpha value is -0.870. The molecule has 0 bridgehead atoms. The van der Waals surface area contributed by atoms with Gasteiger partial charge in [0, 0.05) is 37.9 Å². The Morgan fingerprint density at radius 3 is 2.32 bits per heavy atom. The Morgan fingerprint density at radius 1 is 1.21 bits per heavy atom. The van der Waals surface area contributed by atoms with Crippen LogP contribution in [0.25, 0.3) is 0 Å². The summed E-state index contributed by atoms with van der Waals surface area (Å²) in [6, 6.07) is 0. The lowest BCUT2D eigenvalue weighted by Crippen LogP contribution is -2.40. The number of hydrogen-bond donors (Lipinski definition) is 1. The van der Waals surface area contributed by atoms with Crippen LogP contribution in [-0.4, -0.2) is 46.9 Å². The second-order valence-corrected chi connectivity index (χ2v) is 6.50. The molecule has 0 aliphatic rings. The zero-order valence-electron chi connectivity index (χ0n) is 13.7. The van der Waals surface area contributed by atoms with Gasteiger partial charge in [-0.05, 0) is 53.7 Å². The van der Waals surface area contributed by atoms with E-state index in [2.05, 4.69) is 57.0 Å². The number of nitrogens with one attached hydrogen (secondary N) is 1. The SMILES string of the molecule is Cc1nn(C)c(C)c1CCN(C)CCNC(C)(C)C. The molecular weight excluding hydrogens is 236 g/mol.